The lowest BCUT2D eigenvalue weighted by Crippen LogP contribution is -2.44. The highest BCUT2D eigenvalue weighted by Gasteiger charge is 2.22. The number of hydrogen-bond donors (Lipinski definition) is 1. The van der Waals surface area contributed by atoms with Crippen molar-refractivity contribution in [3.63, 3.8) is 0 Å². The Bertz CT molecular complexity index is 346. The fraction of sp³-hybridized carbons (Fsp3) is 0.727. The van der Waals surface area contributed by atoms with Crippen molar-refractivity contribution in [1.82, 2.24) is 20.4 Å². The molecule has 1 unspecified atom stereocenters. The van der Waals surface area contributed by atoms with E-state index in [2.05, 4.69) is 20.0 Å². The molecule has 1 aromatic heterocycles. The van der Waals surface area contributed by atoms with Gasteiger partial charge in [-0.2, -0.15) is 4.98 Å². The zero-order chi connectivity index (χ0) is 12.1. The van der Waals surface area contributed by atoms with Gasteiger partial charge in [0.2, 0.25) is 12.3 Å². The summed E-state index contributed by atoms with van der Waals surface area (Å²) < 4.78 is 4.64. The SMILES string of the molecule is CC(NCCc1ncon1)C(=O)N1CCCC1. The Hall–Kier alpha value is -1.43. The summed E-state index contributed by atoms with van der Waals surface area (Å²) in [6.45, 7) is 4.38. The van der Waals surface area contributed by atoms with Crippen LogP contribution in [0.25, 0.3) is 0 Å². The van der Waals surface area contributed by atoms with E-state index in [1.165, 1.54) is 6.39 Å². The van der Waals surface area contributed by atoms with Gasteiger partial charge < -0.3 is 14.7 Å². The van der Waals surface area contributed by atoms with Crippen LogP contribution in [-0.2, 0) is 11.2 Å². The van der Waals surface area contributed by atoms with Crippen molar-refractivity contribution in [3.05, 3.63) is 12.2 Å². The van der Waals surface area contributed by atoms with Crippen molar-refractivity contribution in [1.29, 1.82) is 0 Å². The predicted molar refractivity (Wildman–Crippen MR) is 61.3 cm³/mol. The molecule has 1 aliphatic heterocycles. The molecular weight excluding hydrogens is 220 g/mol. The quantitative estimate of drug-likeness (QED) is 0.794. The Morgan fingerprint density at radius 2 is 2.35 bits per heavy atom. The predicted octanol–water partition coefficient (Wildman–Crippen LogP) is 0.213. The molecule has 6 nitrogen and oxygen atoms in total. The summed E-state index contributed by atoms with van der Waals surface area (Å²) in [7, 11) is 0. The van der Waals surface area contributed by atoms with Gasteiger partial charge in [-0.05, 0) is 19.8 Å². The highest BCUT2D eigenvalue weighted by atomic mass is 16.5. The molecule has 1 aromatic rings. The number of carbonyl (C=O) groups excluding carboxylic acids is 1. The number of amides is 1. The lowest BCUT2D eigenvalue weighted by Gasteiger charge is -2.20. The number of rotatable bonds is 5. The maximum absolute atomic E-state index is 12.0. The number of carbonyl (C=O) groups is 1. The van der Waals surface area contributed by atoms with Gasteiger partial charge >= 0.3 is 0 Å². The Labute approximate surface area is 100 Å². The van der Waals surface area contributed by atoms with Crippen molar-refractivity contribution < 1.29 is 9.32 Å². The van der Waals surface area contributed by atoms with Crippen molar-refractivity contribution >= 4 is 5.91 Å². The molecule has 0 bridgehead atoms. The molecule has 0 aromatic carbocycles. The van der Waals surface area contributed by atoms with Crippen LogP contribution >= 0.6 is 0 Å². The first-order valence-electron chi connectivity index (χ1n) is 6.05. The van der Waals surface area contributed by atoms with E-state index in [0.29, 0.717) is 18.8 Å². The molecule has 0 radical (unpaired) electrons. The van der Waals surface area contributed by atoms with Gasteiger partial charge in [-0.25, -0.2) is 0 Å². The minimum absolute atomic E-state index is 0.139. The molecule has 1 N–H and O–H groups in total. The van der Waals surface area contributed by atoms with Crippen LogP contribution in [0.5, 0.6) is 0 Å². The van der Waals surface area contributed by atoms with Crippen molar-refractivity contribution in [2.75, 3.05) is 19.6 Å². The summed E-state index contributed by atoms with van der Waals surface area (Å²) in [5.41, 5.74) is 0. The molecule has 1 atom stereocenters. The Morgan fingerprint density at radius 1 is 1.59 bits per heavy atom. The topological polar surface area (TPSA) is 71.3 Å². The lowest BCUT2D eigenvalue weighted by atomic mass is 10.2. The van der Waals surface area contributed by atoms with E-state index < -0.39 is 0 Å². The third kappa shape index (κ3) is 3.26. The van der Waals surface area contributed by atoms with Gasteiger partial charge in [0.25, 0.3) is 0 Å². The molecule has 0 saturated carbocycles. The molecule has 17 heavy (non-hydrogen) atoms. The maximum Gasteiger partial charge on any atom is 0.239 e. The molecule has 1 fully saturated rings. The molecule has 2 rings (SSSR count). The van der Waals surface area contributed by atoms with Crippen LogP contribution in [0.1, 0.15) is 25.6 Å². The first-order valence-corrected chi connectivity index (χ1v) is 6.05. The van der Waals surface area contributed by atoms with Gasteiger partial charge in [0.1, 0.15) is 0 Å². The minimum Gasteiger partial charge on any atom is -0.343 e. The third-order valence-electron chi connectivity index (χ3n) is 2.99. The second-order valence-electron chi connectivity index (χ2n) is 4.31. The van der Waals surface area contributed by atoms with Crippen LogP contribution in [-0.4, -0.2) is 46.6 Å². The van der Waals surface area contributed by atoms with Gasteiger partial charge in [-0.1, -0.05) is 5.16 Å². The van der Waals surface area contributed by atoms with Gasteiger partial charge in [0.05, 0.1) is 6.04 Å². The van der Waals surface area contributed by atoms with Gasteiger partial charge in [0, 0.05) is 26.1 Å². The van der Waals surface area contributed by atoms with E-state index >= 15 is 0 Å². The van der Waals surface area contributed by atoms with E-state index in [0.717, 1.165) is 25.9 Å². The summed E-state index contributed by atoms with van der Waals surface area (Å²) in [6, 6.07) is -0.139. The number of nitrogens with one attached hydrogen (secondary N) is 1. The van der Waals surface area contributed by atoms with Crippen LogP contribution in [0.4, 0.5) is 0 Å². The number of likely N-dealkylation sites (tertiary alicyclic amines) is 1. The molecular formula is C11H18N4O2. The van der Waals surface area contributed by atoms with E-state index in [-0.39, 0.29) is 11.9 Å². The average molecular weight is 238 g/mol. The van der Waals surface area contributed by atoms with Gasteiger partial charge in [-0.15, -0.1) is 0 Å². The van der Waals surface area contributed by atoms with Crippen LogP contribution in [0.2, 0.25) is 0 Å². The molecule has 1 amide bonds. The van der Waals surface area contributed by atoms with E-state index in [1.807, 2.05) is 11.8 Å². The van der Waals surface area contributed by atoms with Crippen molar-refractivity contribution in [2.45, 2.75) is 32.2 Å². The zero-order valence-corrected chi connectivity index (χ0v) is 10.1. The smallest absolute Gasteiger partial charge is 0.239 e. The van der Waals surface area contributed by atoms with Gasteiger partial charge in [-0.3, -0.25) is 4.79 Å². The summed E-state index contributed by atoms with van der Waals surface area (Å²) >= 11 is 0. The zero-order valence-electron chi connectivity index (χ0n) is 10.1. The minimum atomic E-state index is -0.139. The first-order chi connectivity index (χ1) is 8.27. The second kappa shape index (κ2) is 5.77. The summed E-state index contributed by atoms with van der Waals surface area (Å²) in [6.07, 6.45) is 4.24. The highest BCUT2D eigenvalue weighted by Crippen LogP contribution is 2.08. The van der Waals surface area contributed by atoms with E-state index in [1.54, 1.807) is 0 Å². The van der Waals surface area contributed by atoms with Crippen molar-refractivity contribution in [3.8, 4) is 0 Å². The third-order valence-corrected chi connectivity index (χ3v) is 2.99. The fourth-order valence-corrected chi connectivity index (χ4v) is 2.00. The number of nitrogens with zero attached hydrogens (tertiary/aromatic N) is 3. The first kappa shape index (κ1) is 12.0. The van der Waals surface area contributed by atoms with Crippen LogP contribution in [0.15, 0.2) is 10.9 Å². The standard InChI is InChI=1S/C11H18N4O2/c1-9(11(16)15-6-2-3-7-15)12-5-4-10-13-8-17-14-10/h8-9,12H,2-7H2,1H3. The number of aromatic nitrogens is 2. The summed E-state index contributed by atoms with van der Waals surface area (Å²) in [4.78, 5) is 17.8. The molecule has 94 valence electrons. The Balaban J connectivity index is 1.69. The normalized spacial score (nSPS) is 17.4. The van der Waals surface area contributed by atoms with E-state index in [9.17, 15) is 4.79 Å². The largest absolute Gasteiger partial charge is 0.343 e. The average Bonchev–Trinajstić information content (AvgIpc) is 3.00. The molecule has 0 aliphatic carbocycles. The molecule has 6 heteroatoms. The monoisotopic (exact) mass is 238 g/mol. The van der Waals surface area contributed by atoms with E-state index in [4.69, 9.17) is 0 Å². The van der Waals surface area contributed by atoms with Gasteiger partial charge in [0.15, 0.2) is 5.82 Å². The molecule has 0 spiro atoms. The molecule has 2 heterocycles. The molecule has 1 saturated heterocycles. The van der Waals surface area contributed by atoms with Crippen molar-refractivity contribution in [2.24, 2.45) is 0 Å². The molecule has 1 aliphatic rings. The maximum atomic E-state index is 12.0. The summed E-state index contributed by atoms with van der Waals surface area (Å²) in [5, 5.41) is 6.90. The van der Waals surface area contributed by atoms with Crippen LogP contribution < -0.4 is 5.32 Å². The Kier molecular flexibility index (Phi) is 4.08. The summed E-state index contributed by atoms with van der Waals surface area (Å²) in [5.74, 6) is 0.855. The highest BCUT2D eigenvalue weighted by molar-refractivity contribution is 5.81. The Morgan fingerprint density at radius 3 is 3.00 bits per heavy atom. The van der Waals surface area contributed by atoms with Crippen LogP contribution in [0.3, 0.4) is 0 Å². The fourth-order valence-electron chi connectivity index (χ4n) is 2.00. The lowest BCUT2D eigenvalue weighted by molar-refractivity contribution is -0.131. The number of hydrogen-bond acceptors (Lipinski definition) is 5. The van der Waals surface area contributed by atoms with Crippen LogP contribution in [0, 0.1) is 0 Å². The second-order valence-corrected chi connectivity index (χ2v) is 4.31.